The maximum absolute atomic E-state index is 3.69. The monoisotopic (exact) mass is 126 g/mol. The van der Waals surface area contributed by atoms with Gasteiger partial charge in [0, 0.05) is 0 Å². The average Bonchev–Trinajstić information content (AvgIpc) is 1.89. The van der Waals surface area contributed by atoms with E-state index in [9.17, 15) is 0 Å². The molecule has 0 amide bonds. The topological polar surface area (TPSA) is 0 Å². The fourth-order valence-electron chi connectivity index (χ4n) is 0.816. The Kier molecular flexibility index (Phi) is 4.19. The summed E-state index contributed by atoms with van der Waals surface area (Å²) in [6.45, 7) is 5.77. The maximum atomic E-state index is 3.69. The van der Waals surface area contributed by atoms with E-state index >= 15 is 0 Å². The van der Waals surface area contributed by atoms with E-state index in [0.29, 0.717) is 0 Å². The summed E-state index contributed by atoms with van der Waals surface area (Å²) in [5.41, 5.74) is 2.50. The standard InChI is InChI=1S/C9H10.Li.H/c1-3-9-7-5-4-6-8(9)2;;/h3-7H,1H2,2H3;;/q;+1;-1. The molecule has 1 rings (SSSR count). The zero-order valence-electron chi connectivity index (χ0n) is 7.59. The zero-order valence-corrected chi connectivity index (χ0v) is 6.59. The molecule has 0 bridgehead atoms. The zero-order chi connectivity index (χ0) is 6.69. The first-order valence-corrected chi connectivity index (χ1v) is 3.02. The first-order valence-electron chi connectivity index (χ1n) is 3.02. The summed E-state index contributed by atoms with van der Waals surface area (Å²) in [6.07, 6.45) is 1.87. The van der Waals surface area contributed by atoms with Crippen LogP contribution >= 0.6 is 0 Å². The van der Waals surface area contributed by atoms with Crippen molar-refractivity contribution in [1.82, 2.24) is 0 Å². The summed E-state index contributed by atoms with van der Waals surface area (Å²) in [5, 5.41) is 0. The summed E-state index contributed by atoms with van der Waals surface area (Å²) in [7, 11) is 0. The van der Waals surface area contributed by atoms with E-state index in [0.717, 1.165) is 0 Å². The number of hydrogen-bond acceptors (Lipinski definition) is 0. The van der Waals surface area contributed by atoms with Gasteiger partial charge in [-0.25, -0.2) is 0 Å². The molecule has 0 aliphatic heterocycles. The third-order valence-electron chi connectivity index (χ3n) is 1.41. The van der Waals surface area contributed by atoms with E-state index in [-0.39, 0.29) is 20.3 Å². The molecule has 0 N–H and O–H groups in total. The van der Waals surface area contributed by atoms with Crippen molar-refractivity contribution >= 4 is 6.08 Å². The molecule has 0 aliphatic carbocycles. The van der Waals surface area contributed by atoms with Gasteiger partial charge in [0.1, 0.15) is 0 Å². The van der Waals surface area contributed by atoms with Crippen molar-refractivity contribution in [2.24, 2.45) is 0 Å². The predicted molar refractivity (Wildman–Crippen MR) is 42.4 cm³/mol. The number of aryl methyl sites for hydroxylation is 1. The van der Waals surface area contributed by atoms with Gasteiger partial charge in [-0.1, -0.05) is 36.9 Å². The van der Waals surface area contributed by atoms with Gasteiger partial charge in [-0.3, -0.25) is 0 Å². The van der Waals surface area contributed by atoms with Gasteiger partial charge in [0.2, 0.25) is 0 Å². The third-order valence-corrected chi connectivity index (χ3v) is 1.41. The molecule has 48 valence electrons. The molecule has 0 heterocycles. The van der Waals surface area contributed by atoms with Crippen LogP contribution in [0.2, 0.25) is 0 Å². The molecule has 0 unspecified atom stereocenters. The Morgan fingerprint density at radius 1 is 1.40 bits per heavy atom. The molecule has 0 spiro atoms. The molecule has 0 saturated heterocycles. The quantitative estimate of drug-likeness (QED) is 0.455. The van der Waals surface area contributed by atoms with Crippen molar-refractivity contribution < 1.29 is 20.3 Å². The van der Waals surface area contributed by atoms with Gasteiger partial charge in [-0.05, 0) is 18.1 Å². The van der Waals surface area contributed by atoms with Crippen LogP contribution in [0.15, 0.2) is 30.8 Å². The van der Waals surface area contributed by atoms with E-state index in [1.54, 1.807) is 0 Å². The van der Waals surface area contributed by atoms with E-state index < -0.39 is 0 Å². The molecule has 0 fully saturated rings. The second-order valence-corrected chi connectivity index (χ2v) is 2.06. The summed E-state index contributed by atoms with van der Waals surface area (Å²) in [4.78, 5) is 0. The summed E-state index contributed by atoms with van der Waals surface area (Å²) >= 11 is 0. The molecular weight excluding hydrogens is 115 g/mol. The Labute approximate surface area is 75.6 Å². The van der Waals surface area contributed by atoms with Crippen LogP contribution in [0, 0.1) is 6.92 Å². The van der Waals surface area contributed by atoms with Crippen molar-refractivity contribution in [1.29, 1.82) is 0 Å². The number of rotatable bonds is 1. The van der Waals surface area contributed by atoms with Crippen molar-refractivity contribution in [2.75, 3.05) is 0 Å². The van der Waals surface area contributed by atoms with Crippen molar-refractivity contribution in [3.8, 4) is 0 Å². The normalized spacial score (nSPS) is 8.10. The fourth-order valence-corrected chi connectivity index (χ4v) is 0.816. The van der Waals surface area contributed by atoms with E-state index in [2.05, 4.69) is 25.6 Å². The van der Waals surface area contributed by atoms with Crippen LogP contribution in [0.4, 0.5) is 0 Å². The van der Waals surface area contributed by atoms with Crippen LogP contribution in [-0.2, 0) is 0 Å². The predicted octanol–water partition coefficient (Wildman–Crippen LogP) is -0.245. The molecule has 0 aromatic heterocycles. The van der Waals surface area contributed by atoms with Crippen LogP contribution in [0.5, 0.6) is 0 Å². The van der Waals surface area contributed by atoms with Crippen molar-refractivity contribution in [2.45, 2.75) is 6.92 Å². The molecule has 0 aliphatic rings. The molecule has 0 saturated carbocycles. The second kappa shape index (κ2) is 4.39. The molecular formula is C9H11Li. The maximum Gasteiger partial charge on any atom is 1.00 e. The Balaban J connectivity index is 0. The molecule has 0 nitrogen and oxygen atoms in total. The van der Waals surface area contributed by atoms with E-state index in [1.165, 1.54) is 11.1 Å². The minimum atomic E-state index is 0. The van der Waals surface area contributed by atoms with Gasteiger partial charge in [0.25, 0.3) is 0 Å². The number of hydrogen-bond donors (Lipinski definition) is 0. The van der Waals surface area contributed by atoms with Crippen LogP contribution in [0.3, 0.4) is 0 Å². The average molecular weight is 126 g/mol. The van der Waals surface area contributed by atoms with Crippen molar-refractivity contribution in [3.63, 3.8) is 0 Å². The Morgan fingerprint density at radius 3 is 2.40 bits per heavy atom. The third kappa shape index (κ3) is 2.06. The smallest absolute Gasteiger partial charge is 1.00 e. The summed E-state index contributed by atoms with van der Waals surface area (Å²) in [6, 6.07) is 8.19. The molecule has 1 aromatic rings. The summed E-state index contributed by atoms with van der Waals surface area (Å²) in [5.74, 6) is 0. The largest absolute Gasteiger partial charge is 1.00 e. The van der Waals surface area contributed by atoms with Gasteiger partial charge >= 0.3 is 18.9 Å². The van der Waals surface area contributed by atoms with Crippen LogP contribution < -0.4 is 18.9 Å². The minimum absolute atomic E-state index is 0. The Bertz CT molecular complexity index is 221. The second-order valence-electron chi connectivity index (χ2n) is 2.06. The van der Waals surface area contributed by atoms with Gasteiger partial charge in [-0.15, -0.1) is 0 Å². The van der Waals surface area contributed by atoms with Gasteiger partial charge in [-0.2, -0.15) is 0 Å². The summed E-state index contributed by atoms with van der Waals surface area (Å²) < 4.78 is 0. The van der Waals surface area contributed by atoms with Crippen LogP contribution in [-0.4, -0.2) is 0 Å². The molecule has 0 atom stereocenters. The van der Waals surface area contributed by atoms with Crippen LogP contribution in [0.1, 0.15) is 12.6 Å². The van der Waals surface area contributed by atoms with Gasteiger partial charge in [0.15, 0.2) is 0 Å². The first kappa shape index (κ1) is 9.56. The first-order chi connectivity index (χ1) is 4.34. The Morgan fingerprint density at radius 2 is 2.00 bits per heavy atom. The molecule has 1 heteroatoms. The van der Waals surface area contributed by atoms with Crippen LogP contribution in [0.25, 0.3) is 6.08 Å². The molecule has 1 aromatic carbocycles. The fraction of sp³-hybridized carbons (Fsp3) is 0.111. The van der Waals surface area contributed by atoms with E-state index in [1.807, 2.05) is 18.2 Å². The minimum Gasteiger partial charge on any atom is -1.00 e. The molecule has 10 heavy (non-hydrogen) atoms. The molecule has 0 radical (unpaired) electrons. The number of benzene rings is 1. The van der Waals surface area contributed by atoms with Gasteiger partial charge in [0.05, 0.1) is 0 Å². The van der Waals surface area contributed by atoms with E-state index in [4.69, 9.17) is 0 Å². The SMILES string of the molecule is C=Cc1ccccc1C.[H-].[Li+]. The van der Waals surface area contributed by atoms with Crippen molar-refractivity contribution in [3.05, 3.63) is 42.0 Å². The van der Waals surface area contributed by atoms with Gasteiger partial charge < -0.3 is 1.43 Å². The Hall–Kier alpha value is -0.443.